The minimum absolute atomic E-state index is 0.353. The van der Waals surface area contributed by atoms with Crippen molar-refractivity contribution in [2.75, 3.05) is 25.4 Å². The zero-order chi connectivity index (χ0) is 27.3. The number of hydrogen-bond acceptors (Lipinski definition) is 13. The number of alkyl halides is 2. The Bertz CT molecular complexity index is 1200. The van der Waals surface area contributed by atoms with Gasteiger partial charge in [0, 0.05) is 23.2 Å². The summed E-state index contributed by atoms with van der Waals surface area (Å²) in [5, 5.41) is 2.22. The Morgan fingerprint density at radius 2 is 1.89 bits per heavy atom. The summed E-state index contributed by atoms with van der Waals surface area (Å²) in [6, 6.07) is -6.74. The van der Waals surface area contributed by atoms with E-state index in [9.17, 15) is 38.1 Å². The van der Waals surface area contributed by atoms with E-state index in [1.54, 1.807) is 4.95 Å². The average molecular weight is 568 g/mol. The van der Waals surface area contributed by atoms with E-state index < -0.39 is 64.6 Å². The van der Waals surface area contributed by atoms with E-state index in [0.717, 1.165) is 6.07 Å². The van der Waals surface area contributed by atoms with Crippen molar-refractivity contribution in [1.29, 1.82) is 0 Å². The first-order valence-electron chi connectivity index (χ1n) is 8.51. The highest BCUT2D eigenvalue weighted by molar-refractivity contribution is 7.75. The van der Waals surface area contributed by atoms with Gasteiger partial charge in [0.15, 0.2) is 5.90 Å². The van der Waals surface area contributed by atoms with Crippen LogP contribution in [0.4, 0.5) is 14.6 Å². The molecule has 0 saturated carbocycles. The maximum Gasteiger partial charge on any atom is 0.497 e. The van der Waals surface area contributed by atoms with Crippen LogP contribution < -0.4 is 11.4 Å². The fraction of sp³-hybridized carbons (Fsp3) is 0.500. The standard InChI is InChI=1S/C12H17F2N6O12P3/c1-3-11(30-2,9(17-22)12(13,14)20-5-4-8(15)16-10(20)21)6-31-35(29,19-24)32-34(27,28)7-33(25,26)18-23/h3-5,9H,1,6-7H2,2H3,(H,25,26)(H,27,28)(H2,15,16,21)/t9-,11?,35?/m1/s1. The molecule has 5 atom stereocenters. The van der Waals surface area contributed by atoms with Crippen LogP contribution in [0, 0.1) is 14.7 Å². The topological polar surface area (TPSA) is 269 Å². The molecule has 1 aromatic rings. The monoisotopic (exact) mass is 568 g/mol. The number of nitrogens with zero attached hydrogens (tertiary/aromatic N) is 5. The molecule has 196 valence electrons. The van der Waals surface area contributed by atoms with Gasteiger partial charge in [-0.15, -0.1) is 16.4 Å². The van der Waals surface area contributed by atoms with Gasteiger partial charge in [0.2, 0.25) is 6.04 Å². The largest absolute Gasteiger partial charge is 0.497 e. The van der Waals surface area contributed by atoms with E-state index in [-0.39, 0.29) is 4.57 Å². The third-order valence-corrected chi connectivity index (χ3v) is 9.70. The highest BCUT2D eigenvalue weighted by atomic mass is 31.3. The molecule has 0 spiro atoms. The first-order chi connectivity index (χ1) is 16.0. The van der Waals surface area contributed by atoms with Crippen LogP contribution in [0.25, 0.3) is 0 Å². The molecule has 0 aliphatic heterocycles. The van der Waals surface area contributed by atoms with Crippen molar-refractivity contribution < 1.29 is 45.8 Å². The van der Waals surface area contributed by atoms with E-state index >= 15 is 8.78 Å². The van der Waals surface area contributed by atoms with Gasteiger partial charge < -0.3 is 20.3 Å². The van der Waals surface area contributed by atoms with Crippen LogP contribution in [0.1, 0.15) is 0 Å². The van der Waals surface area contributed by atoms with Crippen molar-refractivity contribution in [3.05, 3.63) is 50.1 Å². The molecule has 1 rings (SSSR count). The summed E-state index contributed by atoms with van der Waals surface area (Å²) in [4.78, 5) is 69.7. The summed E-state index contributed by atoms with van der Waals surface area (Å²) >= 11 is 0. The van der Waals surface area contributed by atoms with E-state index in [1.807, 2.05) is 4.95 Å². The molecular weight excluding hydrogens is 551 g/mol. The van der Waals surface area contributed by atoms with Gasteiger partial charge in [-0.1, -0.05) is 11.3 Å². The van der Waals surface area contributed by atoms with E-state index in [1.165, 1.54) is 0 Å². The van der Waals surface area contributed by atoms with Crippen LogP contribution in [0.5, 0.6) is 0 Å². The molecule has 0 radical (unpaired) electrons. The van der Waals surface area contributed by atoms with E-state index in [2.05, 4.69) is 25.6 Å². The fourth-order valence-electron chi connectivity index (χ4n) is 2.42. The van der Waals surface area contributed by atoms with Crippen molar-refractivity contribution in [1.82, 2.24) is 9.55 Å². The van der Waals surface area contributed by atoms with Gasteiger partial charge >= 0.3 is 34.6 Å². The van der Waals surface area contributed by atoms with Crippen molar-refractivity contribution >= 4 is 28.7 Å². The van der Waals surface area contributed by atoms with Crippen molar-refractivity contribution in [3.63, 3.8) is 0 Å². The summed E-state index contributed by atoms with van der Waals surface area (Å²) < 4.78 is 78.6. The van der Waals surface area contributed by atoms with Gasteiger partial charge in [-0.2, -0.15) is 18.7 Å². The van der Waals surface area contributed by atoms with Gasteiger partial charge in [-0.3, -0.25) is 13.7 Å². The zero-order valence-electron chi connectivity index (χ0n) is 17.3. The van der Waals surface area contributed by atoms with Gasteiger partial charge in [0.1, 0.15) is 11.4 Å². The SMILES string of the molecule is C=CC(COP(=O)(N=O)OP(=O)(O)CP(=O)(O)N=O)(OC)[C@@H](N=O)C(F)(F)n1ccc(N)nc1=O. The number of hydrogen-bond donors (Lipinski definition) is 3. The molecule has 0 aliphatic rings. The first-order valence-corrected chi connectivity index (χ1v) is 13.6. The third kappa shape index (κ3) is 7.28. The van der Waals surface area contributed by atoms with Gasteiger partial charge in [-0.05, 0) is 6.07 Å². The lowest BCUT2D eigenvalue weighted by molar-refractivity contribution is -0.168. The van der Waals surface area contributed by atoms with E-state index in [0.29, 0.717) is 19.4 Å². The molecule has 0 amide bonds. The number of methoxy groups -OCH3 is 1. The molecule has 0 aliphatic carbocycles. The molecule has 18 nitrogen and oxygen atoms in total. The first kappa shape index (κ1) is 30.6. The molecule has 0 fully saturated rings. The number of nitrogens with two attached hydrogens (primary N) is 1. The van der Waals surface area contributed by atoms with Crippen LogP contribution in [0.2, 0.25) is 0 Å². The van der Waals surface area contributed by atoms with Crippen LogP contribution in [0.15, 0.2) is 44.8 Å². The Morgan fingerprint density at radius 1 is 1.29 bits per heavy atom. The van der Waals surface area contributed by atoms with Crippen molar-refractivity contribution in [2.45, 2.75) is 17.7 Å². The molecule has 0 aromatic carbocycles. The van der Waals surface area contributed by atoms with Gasteiger partial charge in [0.25, 0.3) is 0 Å². The average Bonchev–Trinajstić information content (AvgIpc) is 2.75. The summed E-state index contributed by atoms with van der Waals surface area (Å²) in [5.74, 6) is -2.35. The molecule has 0 saturated heterocycles. The minimum Gasteiger partial charge on any atom is -0.383 e. The number of halogens is 2. The number of rotatable bonds is 15. The molecule has 0 bridgehead atoms. The van der Waals surface area contributed by atoms with Gasteiger partial charge in [0.05, 0.1) is 6.61 Å². The quantitative estimate of drug-likeness (QED) is 0.155. The van der Waals surface area contributed by atoms with Crippen LogP contribution in [-0.4, -0.2) is 50.6 Å². The smallest absolute Gasteiger partial charge is 0.383 e. The third-order valence-electron chi connectivity index (χ3n) is 4.04. The maximum absolute atomic E-state index is 15.1. The van der Waals surface area contributed by atoms with Gasteiger partial charge in [-0.25, -0.2) is 18.2 Å². The zero-order valence-corrected chi connectivity index (χ0v) is 20.0. The number of ether oxygens (including phenoxy) is 1. The molecule has 35 heavy (non-hydrogen) atoms. The number of nitroso groups, excluding NO2 is 3. The lowest BCUT2D eigenvalue weighted by Crippen LogP contribution is -2.56. The van der Waals surface area contributed by atoms with Crippen molar-refractivity contribution in [2.24, 2.45) is 15.1 Å². The molecule has 1 aromatic heterocycles. The second-order valence-electron chi connectivity index (χ2n) is 6.39. The Labute approximate surface area is 193 Å². The normalized spacial score (nSPS) is 19.7. The summed E-state index contributed by atoms with van der Waals surface area (Å²) in [6.45, 7) is 1.60. The predicted octanol–water partition coefficient (Wildman–Crippen LogP) is 2.08. The van der Waals surface area contributed by atoms with E-state index in [4.69, 9.17) is 15.4 Å². The summed E-state index contributed by atoms with van der Waals surface area (Å²) in [6.07, 6.45) is 0.944. The van der Waals surface area contributed by atoms with Crippen molar-refractivity contribution in [3.8, 4) is 0 Å². The summed E-state index contributed by atoms with van der Waals surface area (Å²) in [7, 11) is -15.7. The number of anilines is 1. The Morgan fingerprint density at radius 3 is 2.31 bits per heavy atom. The van der Waals surface area contributed by atoms with Crippen LogP contribution >= 0.6 is 22.9 Å². The van der Waals surface area contributed by atoms with Crippen LogP contribution in [0.3, 0.4) is 0 Å². The summed E-state index contributed by atoms with van der Waals surface area (Å²) in [5.41, 5.74) is 0.788. The second-order valence-corrected chi connectivity index (χ2v) is 12.3. The minimum atomic E-state index is -5.67. The molecule has 4 N–H and O–H groups in total. The Balaban J connectivity index is 3.38. The highest BCUT2D eigenvalue weighted by Gasteiger charge is 2.57. The molecule has 1 heterocycles. The highest BCUT2D eigenvalue weighted by Crippen LogP contribution is 2.68. The number of aromatic nitrogens is 2. The fourth-order valence-corrected chi connectivity index (χ4v) is 7.17. The van der Waals surface area contributed by atoms with Crippen LogP contribution in [-0.2, 0) is 33.3 Å². The molecule has 23 heteroatoms. The lowest BCUT2D eigenvalue weighted by Gasteiger charge is -2.36. The molecular formula is C12H17F2N6O12P3. The second kappa shape index (κ2) is 11.1. The lowest BCUT2D eigenvalue weighted by atomic mass is 9.93. The number of nitrogen functional groups attached to an aromatic ring is 1. The predicted molar refractivity (Wildman–Crippen MR) is 113 cm³/mol. The molecule has 4 unspecified atom stereocenters. The Kier molecular flexibility index (Phi) is 9.70. The maximum atomic E-state index is 15.1. The Hall–Kier alpha value is -2.43.